The Morgan fingerprint density at radius 3 is 2.76 bits per heavy atom. The van der Waals surface area contributed by atoms with Crippen LogP contribution in [0.4, 0.5) is 4.39 Å². The Morgan fingerprint density at radius 1 is 1.36 bits per heavy atom. The predicted octanol–water partition coefficient (Wildman–Crippen LogP) is 4.33. The third-order valence-electron chi connectivity index (χ3n) is 3.69. The number of rotatable bonds is 4. The average molecular weight is 359 g/mol. The van der Waals surface area contributed by atoms with Crippen LogP contribution in [0.25, 0.3) is 22.2 Å². The monoisotopic (exact) mass is 358 g/mol. The zero-order valence-corrected chi connectivity index (χ0v) is 14.8. The van der Waals surface area contributed by atoms with E-state index in [9.17, 15) is 4.39 Å². The summed E-state index contributed by atoms with van der Waals surface area (Å²) in [6.45, 7) is 4.58. The number of hydrogen-bond acceptors (Lipinski definition) is 4. The first-order valence-corrected chi connectivity index (χ1v) is 8.13. The van der Waals surface area contributed by atoms with Crippen molar-refractivity contribution in [2.24, 2.45) is 13.0 Å². The molecule has 0 bridgehead atoms. The van der Waals surface area contributed by atoms with Gasteiger partial charge in [-0.25, -0.2) is 9.37 Å². The number of nitriles is 1. The highest BCUT2D eigenvalue weighted by atomic mass is 35.5. The normalized spacial score (nSPS) is 11.1. The van der Waals surface area contributed by atoms with E-state index in [0.29, 0.717) is 45.6 Å². The molecule has 0 aliphatic heterocycles. The molecule has 0 saturated carbocycles. The van der Waals surface area contributed by atoms with Crippen molar-refractivity contribution in [1.29, 1.82) is 5.26 Å². The highest BCUT2D eigenvalue weighted by Gasteiger charge is 2.16. The summed E-state index contributed by atoms with van der Waals surface area (Å²) in [7, 11) is 1.74. The highest BCUT2D eigenvalue weighted by Crippen LogP contribution is 2.32. The topological polar surface area (TPSA) is 63.7 Å². The molecule has 3 aromatic rings. The van der Waals surface area contributed by atoms with E-state index in [1.807, 2.05) is 19.9 Å². The maximum Gasteiger partial charge on any atom is 0.232 e. The first-order chi connectivity index (χ1) is 11.9. The average Bonchev–Trinajstić information content (AvgIpc) is 2.88. The van der Waals surface area contributed by atoms with Crippen LogP contribution < -0.4 is 4.74 Å². The van der Waals surface area contributed by atoms with Crippen LogP contribution in [0, 0.1) is 23.1 Å². The number of pyridine rings is 1. The smallest absolute Gasteiger partial charge is 0.232 e. The molecule has 0 aliphatic carbocycles. The Labute approximate surface area is 149 Å². The van der Waals surface area contributed by atoms with Crippen molar-refractivity contribution in [3.8, 4) is 23.2 Å². The van der Waals surface area contributed by atoms with Crippen molar-refractivity contribution in [3.05, 3.63) is 40.8 Å². The fraction of sp³-hybridized carbons (Fsp3) is 0.278. The van der Waals surface area contributed by atoms with Crippen molar-refractivity contribution < 1.29 is 9.13 Å². The summed E-state index contributed by atoms with van der Waals surface area (Å²) in [5.74, 6) is 0.132. The van der Waals surface area contributed by atoms with E-state index in [2.05, 4.69) is 10.1 Å². The zero-order chi connectivity index (χ0) is 18.1. The molecule has 0 atom stereocenters. The van der Waals surface area contributed by atoms with Gasteiger partial charge < -0.3 is 4.74 Å². The van der Waals surface area contributed by atoms with Crippen molar-refractivity contribution in [2.75, 3.05) is 6.61 Å². The molecule has 0 amide bonds. The van der Waals surface area contributed by atoms with Crippen LogP contribution in [0.15, 0.2) is 24.4 Å². The number of fused-ring (bicyclic) bond motifs is 1. The van der Waals surface area contributed by atoms with Crippen LogP contribution in [0.2, 0.25) is 5.02 Å². The lowest BCUT2D eigenvalue weighted by Gasteiger charge is -2.09. The van der Waals surface area contributed by atoms with Gasteiger partial charge in [-0.3, -0.25) is 4.68 Å². The molecule has 0 aliphatic rings. The molecule has 0 radical (unpaired) electrons. The Kier molecular flexibility index (Phi) is 4.60. The van der Waals surface area contributed by atoms with Crippen LogP contribution in [0.3, 0.4) is 0 Å². The van der Waals surface area contributed by atoms with E-state index in [1.54, 1.807) is 24.0 Å². The number of halogens is 2. The van der Waals surface area contributed by atoms with Gasteiger partial charge in [0.2, 0.25) is 5.88 Å². The summed E-state index contributed by atoms with van der Waals surface area (Å²) >= 11 is 6.26. The van der Waals surface area contributed by atoms with Gasteiger partial charge >= 0.3 is 0 Å². The number of nitrogens with zero attached hydrogens (tertiary/aromatic N) is 4. The minimum Gasteiger partial charge on any atom is -0.476 e. The Bertz CT molecular complexity index is 991. The molecule has 7 heteroatoms. The Morgan fingerprint density at radius 2 is 2.12 bits per heavy atom. The molecule has 3 rings (SSSR count). The summed E-state index contributed by atoms with van der Waals surface area (Å²) in [5.41, 5.74) is 1.84. The summed E-state index contributed by atoms with van der Waals surface area (Å²) in [5, 5.41) is 14.4. The summed E-state index contributed by atoms with van der Waals surface area (Å²) in [6, 6.07) is 6.33. The lowest BCUT2D eigenvalue weighted by molar-refractivity contribution is 0.261. The number of benzene rings is 1. The molecule has 0 N–H and O–H groups in total. The Balaban J connectivity index is 2.06. The van der Waals surface area contributed by atoms with Crippen LogP contribution in [-0.4, -0.2) is 21.4 Å². The van der Waals surface area contributed by atoms with Gasteiger partial charge in [-0.1, -0.05) is 25.4 Å². The minimum absolute atomic E-state index is 0.0179. The molecule has 2 heterocycles. The predicted molar refractivity (Wildman–Crippen MR) is 94.0 cm³/mol. The number of hydrogen-bond donors (Lipinski definition) is 0. The van der Waals surface area contributed by atoms with Gasteiger partial charge in [0, 0.05) is 24.2 Å². The molecule has 1 aromatic carbocycles. The Hall–Kier alpha value is -2.65. The largest absolute Gasteiger partial charge is 0.476 e. The molecule has 2 aromatic heterocycles. The summed E-state index contributed by atoms with van der Waals surface area (Å²) in [6.07, 6.45) is 1.60. The van der Waals surface area contributed by atoms with Gasteiger partial charge in [0.15, 0.2) is 0 Å². The zero-order valence-electron chi connectivity index (χ0n) is 14.0. The lowest BCUT2D eigenvalue weighted by Crippen LogP contribution is -2.06. The van der Waals surface area contributed by atoms with Gasteiger partial charge in [0.1, 0.15) is 22.6 Å². The standard InChI is InChI=1S/C18H16ClFN4O/c1-10(2)9-25-18-14(19)4-12(8-22-18)17-13-6-15(20)11(7-21)5-16(13)24(3)23-17/h4-6,8,10H,9H2,1-3H3. The highest BCUT2D eigenvalue weighted by molar-refractivity contribution is 6.32. The SMILES string of the molecule is CC(C)COc1ncc(-c2nn(C)c3cc(C#N)c(F)cc23)cc1Cl. The van der Waals surface area contributed by atoms with E-state index < -0.39 is 5.82 Å². The molecule has 25 heavy (non-hydrogen) atoms. The van der Waals surface area contributed by atoms with Crippen molar-refractivity contribution in [3.63, 3.8) is 0 Å². The molecule has 128 valence electrons. The maximum absolute atomic E-state index is 14.0. The fourth-order valence-corrected chi connectivity index (χ4v) is 2.70. The molecule has 0 unspecified atom stereocenters. The second-order valence-electron chi connectivity index (χ2n) is 6.15. The van der Waals surface area contributed by atoms with Crippen LogP contribution in [-0.2, 0) is 7.05 Å². The van der Waals surface area contributed by atoms with Crippen molar-refractivity contribution >= 4 is 22.5 Å². The van der Waals surface area contributed by atoms with Gasteiger partial charge in [0.05, 0.1) is 17.7 Å². The molecule has 0 spiro atoms. The van der Waals surface area contributed by atoms with Crippen LogP contribution in [0.5, 0.6) is 5.88 Å². The second-order valence-corrected chi connectivity index (χ2v) is 6.56. The third-order valence-corrected chi connectivity index (χ3v) is 3.96. The van der Waals surface area contributed by atoms with Gasteiger partial charge in [0.25, 0.3) is 0 Å². The second kappa shape index (κ2) is 6.69. The first kappa shape index (κ1) is 17.2. The van der Waals surface area contributed by atoms with E-state index in [1.165, 1.54) is 12.1 Å². The number of aryl methyl sites for hydroxylation is 1. The van der Waals surface area contributed by atoms with E-state index in [-0.39, 0.29) is 5.56 Å². The molecule has 0 fully saturated rings. The van der Waals surface area contributed by atoms with Crippen LogP contribution >= 0.6 is 11.6 Å². The lowest BCUT2D eigenvalue weighted by atomic mass is 10.1. The van der Waals surface area contributed by atoms with Gasteiger partial charge in [-0.15, -0.1) is 0 Å². The quantitative estimate of drug-likeness (QED) is 0.696. The van der Waals surface area contributed by atoms with Gasteiger partial charge in [-0.05, 0) is 24.1 Å². The molecule has 0 saturated heterocycles. The molecule has 5 nitrogen and oxygen atoms in total. The van der Waals surface area contributed by atoms with Gasteiger partial charge in [-0.2, -0.15) is 10.4 Å². The minimum atomic E-state index is -0.583. The third kappa shape index (κ3) is 3.28. The first-order valence-electron chi connectivity index (χ1n) is 7.75. The number of ether oxygens (including phenoxy) is 1. The van der Waals surface area contributed by atoms with E-state index in [4.69, 9.17) is 21.6 Å². The molecular weight excluding hydrogens is 343 g/mol. The van der Waals surface area contributed by atoms with E-state index >= 15 is 0 Å². The summed E-state index contributed by atoms with van der Waals surface area (Å²) in [4.78, 5) is 4.25. The van der Waals surface area contributed by atoms with Crippen LogP contribution in [0.1, 0.15) is 19.4 Å². The van der Waals surface area contributed by atoms with Crippen molar-refractivity contribution in [1.82, 2.24) is 14.8 Å². The van der Waals surface area contributed by atoms with E-state index in [0.717, 1.165) is 0 Å². The maximum atomic E-state index is 14.0. The summed E-state index contributed by atoms with van der Waals surface area (Å²) < 4.78 is 21.2. The number of aromatic nitrogens is 3. The molecular formula is C18H16ClFN4O. The van der Waals surface area contributed by atoms with Crippen molar-refractivity contribution in [2.45, 2.75) is 13.8 Å². The fourth-order valence-electron chi connectivity index (χ4n) is 2.48.